The minimum atomic E-state index is -3.64. The largest absolute Gasteiger partial charge is 0.496 e. The highest BCUT2D eigenvalue weighted by atomic mass is 32.2. The van der Waals surface area contributed by atoms with E-state index in [0.717, 1.165) is 12.8 Å². The fourth-order valence-corrected chi connectivity index (χ4v) is 4.12. The fourth-order valence-electron chi connectivity index (χ4n) is 2.95. The average molecular weight is 405 g/mol. The molecule has 0 saturated heterocycles. The van der Waals surface area contributed by atoms with E-state index in [4.69, 9.17) is 4.74 Å². The number of amides is 1. The molecular formula is C21H28N2O4S. The van der Waals surface area contributed by atoms with Crippen molar-refractivity contribution >= 4 is 15.9 Å². The molecule has 0 saturated carbocycles. The van der Waals surface area contributed by atoms with Crippen LogP contribution in [0.3, 0.4) is 0 Å². The number of hydrogen-bond acceptors (Lipinski definition) is 4. The molecule has 0 aromatic heterocycles. The first kappa shape index (κ1) is 21.9. The fraction of sp³-hybridized carbons (Fsp3) is 0.381. The number of benzene rings is 2. The van der Waals surface area contributed by atoms with Crippen LogP contribution in [0.1, 0.15) is 42.6 Å². The van der Waals surface area contributed by atoms with Gasteiger partial charge in [0.25, 0.3) is 5.91 Å². The number of rotatable bonds is 9. The molecule has 1 amide bonds. The van der Waals surface area contributed by atoms with Gasteiger partial charge in [-0.15, -0.1) is 0 Å². The molecule has 0 aliphatic carbocycles. The zero-order valence-electron chi connectivity index (χ0n) is 16.8. The highest BCUT2D eigenvalue weighted by Crippen LogP contribution is 2.24. The van der Waals surface area contributed by atoms with Crippen LogP contribution < -0.4 is 10.1 Å². The maximum atomic E-state index is 12.8. The molecule has 0 aliphatic rings. The van der Waals surface area contributed by atoms with Crippen molar-refractivity contribution in [3.05, 3.63) is 59.7 Å². The van der Waals surface area contributed by atoms with Crippen LogP contribution in [0.5, 0.6) is 5.75 Å². The molecule has 0 heterocycles. The van der Waals surface area contributed by atoms with Crippen LogP contribution in [0.2, 0.25) is 0 Å². The maximum absolute atomic E-state index is 12.8. The average Bonchev–Trinajstić information content (AvgIpc) is 2.68. The van der Waals surface area contributed by atoms with Crippen molar-refractivity contribution < 1.29 is 17.9 Å². The Labute approximate surface area is 167 Å². The van der Waals surface area contributed by atoms with E-state index in [2.05, 4.69) is 12.2 Å². The molecule has 2 aromatic rings. The Bertz CT molecular complexity index is 898. The van der Waals surface area contributed by atoms with Gasteiger partial charge in [0.1, 0.15) is 5.75 Å². The molecule has 0 radical (unpaired) electrons. The second kappa shape index (κ2) is 9.71. The van der Waals surface area contributed by atoms with Crippen LogP contribution in [0.15, 0.2) is 53.4 Å². The first-order valence-electron chi connectivity index (χ1n) is 9.28. The first-order chi connectivity index (χ1) is 13.3. The lowest BCUT2D eigenvalue weighted by molar-refractivity contribution is 0.0938. The second-order valence-electron chi connectivity index (χ2n) is 6.76. The standard InChI is InChI=1S/C21H28N2O4S/c1-5-9-16(2)22-21(24)17-12-13-20(27-4)18(14-17)15-23(3)28(25,26)19-10-7-6-8-11-19/h6-8,10-14,16H,5,9,15H2,1-4H3,(H,22,24). The Hall–Kier alpha value is -2.38. The summed E-state index contributed by atoms with van der Waals surface area (Å²) >= 11 is 0. The number of carbonyl (C=O) groups excluding carboxylic acids is 1. The number of methoxy groups -OCH3 is 1. The van der Waals surface area contributed by atoms with Gasteiger partial charge in [0.2, 0.25) is 10.0 Å². The third-order valence-electron chi connectivity index (χ3n) is 4.49. The smallest absolute Gasteiger partial charge is 0.251 e. The van der Waals surface area contributed by atoms with Gasteiger partial charge in [-0.1, -0.05) is 31.5 Å². The third-order valence-corrected chi connectivity index (χ3v) is 6.30. The van der Waals surface area contributed by atoms with E-state index in [9.17, 15) is 13.2 Å². The zero-order chi connectivity index (χ0) is 20.7. The van der Waals surface area contributed by atoms with Crippen molar-refractivity contribution in [1.82, 2.24) is 9.62 Å². The van der Waals surface area contributed by atoms with E-state index in [1.807, 2.05) is 6.92 Å². The molecule has 0 fully saturated rings. The summed E-state index contributed by atoms with van der Waals surface area (Å²) in [5.74, 6) is 0.353. The van der Waals surface area contributed by atoms with Crippen molar-refractivity contribution in [3.63, 3.8) is 0 Å². The van der Waals surface area contributed by atoms with E-state index in [0.29, 0.717) is 16.9 Å². The summed E-state index contributed by atoms with van der Waals surface area (Å²) in [4.78, 5) is 12.7. The van der Waals surface area contributed by atoms with Gasteiger partial charge in [0.05, 0.1) is 12.0 Å². The van der Waals surface area contributed by atoms with E-state index in [-0.39, 0.29) is 23.4 Å². The van der Waals surface area contributed by atoms with Gasteiger partial charge in [-0.2, -0.15) is 4.31 Å². The summed E-state index contributed by atoms with van der Waals surface area (Å²) in [6, 6.07) is 13.4. The van der Waals surface area contributed by atoms with E-state index < -0.39 is 10.0 Å². The minimum absolute atomic E-state index is 0.0733. The molecule has 2 rings (SSSR count). The van der Waals surface area contributed by atoms with E-state index in [1.54, 1.807) is 48.5 Å². The van der Waals surface area contributed by atoms with Gasteiger partial charge in [-0.05, 0) is 43.7 Å². The lowest BCUT2D eigenvalue weighted by Crippen LogP contribution is -2.32. The number of sulfonamides is 1. The van der Waals surface area contributed by atoms with Crippen LogP contribution in [0.25, 0.3) is 0 Å². The topological polar surface area (TPSA) is 75.7 Å². The quantitative estimate of drug-likeness (QED) is 0.695. The Morgan fingerprint density at radius 3 is 2.46 bits per heavy atom. The summed E-state index contributed by atoms with van der Waals surface area (Å²) in [5, 5.41) is 2.96. The normalized spacial score (nSPS) is 12.6. The number of nitrogens with one attached hydrogen (secondary N) is 1. The van der Waals surface area contributed by atoms with E-state index in [1.165, 1.54) is 18.5 Å². The maximum Gasteiger partial charge on any atom is 0.251 e. The number of carbonyl (C=O) groups is 1. The first-order valence-corrected chi connectivity index (χ1v) is 10.7. The van der Waals surface area contributed by atoms with Crippen molar-refractivity contribution in [2.75, 3.05) is 14.2 Å². The summed E-state index contributed by atoms with van der Waals surface area (Å²) in [6.45, 7) is 4.12. The molecule has 0 bridgehead atoms. The highest BCUT2D eigenvalue weighted by molar-refractivity contribution is 7.89. The van der Waals surface area contributed by atoms with Gasteiger partial charge in [0, 0.05) is 30.8 Å². The molecule has 1 atom stereocenters. The molecule has 0 aliphatic heterocycles. The molecule has 1 N–H and O–H groups in total. The van der Waals surface area contributed by atoms with Crippen molar-refractivity contribution in [3.8, 4) is 5.75 Å². The van der Waals surface area contributed by atoms with Gasteiger partial charge in [0.15, 0.2) is 0 Å². The van der Waals surface area contributed by atoms with Gasteiger partial charge >= 0.3 is 0 Å². The van der Waals surface area contributed by atoms with Gasteiger partial charge in [-0.25, -0.2) is 8.42 Å². The molecule has 6 nitrogen and oxygen atoms in total. The molecule has 152 valence electrons. The number of ether oxygens (including phenoxy) is 1. The molecule has 1 unspecified atom stereocenters. The Balaban J connectivity index is 2.25. The molecule has 0 spiro atoms. The van der Waals surface area contributed by atoms with E-state index >= 15 is 0 Å². The van der Waals surface area contributed by atoms with Crippen molar-refractivity contribution in [1.29, 1.82) is 0 Å². The van der Waals surface area contributed by atoms with Crippen LogP contribution in [-0.2, 0) is 16.6 Å². The molecule has 7 heteroatoms. The number of hydrogen-bond donors (Lipinski definition) is 1. The zero-order valence-corrected chi connectivity index (χ0v) is 17.6. The Kier molecular flexibility index (Phi) is 7.60. The second-order valence-corrected chi connectivity index (χ2v) is 8.81. The number of nitrogens with zero attached hydrogens (tertiary/aromatic N) is 1. The predicted molar refractivity (Wildman–Crippen MR) is 110 cm³/mol. The highest BCUT2D eigenvalue weighted by Gasteiger charge is 2.22. The van der Waals surface area contributed by atoms with Crippen molar-refractivity contribution in [2.45, 2.75) is 44.2 Å². The molecular weight excluding hydrogens is 376 g/mol. The Morgan fingerprint density at radius 2 is 1.86 bits per heavy atom. The SMILES string of the molecule is CCCC(C)NC(=O)c1ccc(OC)c(CN(C)S(=O)(=O)c2ccccc2)c1. The summed E-state index contributed by atoms with van der Waals surface area (Å²) in [6.07, 6.45) is 1.88. The predicted octanol–water partition coefficient (Wildman–Crippen LogP) is 3.43. The van der Waals surface area contributed by atoms with Crippen LogP contribution in [0, 0.1) is 0 Å². The van der Waals surface area contributed by atoms with Gasteiger partial charge < -0.3 is 10.1 Å². The van der Waals surface area contributed by atoms with Gasteiger partial charge in [-0.3, -0.25) is 4.79 Å². The Morgan fingerprint density at radius 1 is 1.18 bits per heavy atom. The molecule has 28 heavy (non-hydrogen) atoms. The van der Waals surface area contributed by atoms with Crippen LogP contribution in [0.4, 0.5) is 0 Å². The third kappa shape index (κ3) is 5.33. The van der Waals surface area contributed by atoms with Crippen LogP contribution >= 0.6 is 0 Å². The summed E-state index contributed by atoms with van der Waals surface area (Å²) in [7, 11) is -0.611. The summed E-state index contributed by atoms with van der Waals surface area (Å²) in [5.41, 5.74) is 1.10. The molecule has 2 aromatic carbocycles. The van der Waals surface area contributed by atoms with Crippen LogP contribution in [-0.4, -0.2) is 38.8 Å². The summed E-state index contributed by atoms with van der Waals surface area (Å²) < 4.78 is 32.2. The monoisotopic (exact) mass is 404 g/mol. The minimum Gasteiger partial charge on any atom is -0.496 e. The lowest BCUT2D eigenvalue weighted by atomic mass is 10.1. The van der Waals surface area contributed by atoms with Crippen molar-refractivity contribution in [2.24, 2.45) is 0 Å². The lowest BCUT2D eigenvalue weighted by Gasteiger charge is -2.20.